The summed E-state index contributed by atoms with van der Waals surface area (Å²) >= 11 is 1.01. The number of nitrogens with one attached hydrogen (secondary N) is 1. The Kier molecular flexibility index (Phi) is 3.87. The van der Waals surface area contributed by atoms with Gasteiger partial charge in [-0.25, -0.2) is 8.78 Å². The van der Waals surface area contributed by atoms with E-state index >= 15 is 0 Å². The van der Waals surface area contributed by atoms with Gasteiger partial charge in [-0.15, -0.1) is 11.8 Å². The number of benzene rings is 1. The van der Waals surface area contributed by atoms with Gasteiger partial charge in [0.15, 0.2) is 0 Å². The fourth-order valence-corrected chi connectivity index (χ4v) is 2.26. The number of amides is 1. The zero-order valence-electron chi connectivity index (χ0n) is 9.58. The highest BCUT2D eigenvalue weighted by atomic mass is 32.2. The molecular formula is C12H13F2NO2S. The molecule has 0 aliphatic heterocycles. The van der Waals surface area contributed by atoms with Crippen LogP contribution in [0.4, 0.5) is 8.78 Å². The summed E-state index contributed by atoms with van der Waals surface area (Å²) in [7, 11) is 0. The fourth-order valence-electron chi connectivity index (χ4n) is 1.54. The Morgan fingerprint density at radius 2 is 2.17 bits per heavy atom. The minimum atomic E-state index is -0.670. The van der Waals surface area contributed by atoms with Crippen LogP contribution in [0.5, 0.6) is 0 Å². The second-order valence-corrected chi connectivity index (χ2v) is 5.37. The maximum atomic E-state index is 13.3. The largest absolute Gasteiger partial charge is 0.394 e. The number of aliphatic hydroxyl groups excluding tert-OH is 1. The van der Waals surface area contributed by atoms with E-state index in [1.807, 2.05) is 0 Å². The van der Waals surface area contributed by atoms with E-state index in [-0.39, 0.29) is 23.2 Å². The van der Waals surface area contributed by atoms with Gasteiger partial charge in [0, 0.05) is 11.0 Å². The summed E-state index contributed by atoms with van der Waals surface area (Å²) in [6.45, 7) is -0.0751. The number of rotatable bonds is 5. The molecule has 0 atom stereocenters. The SMILES string of the molecule is O=C(CSc1ccc(F)cc1F)NC1(CO)CC1. The molecule has 0 saturated heterocycles. The van der Waals surface area contributed by atoms with Crippen LogP contribution in [0.15, 0.2) is 23.1 Å². The first kappa shape index (κ1) is 13.3. The van der Waals surface area contributed by atoms with E-state index in [0.717, 1.165) is 36.7 Å². The molecule has 0 radical (unpaired) electrons. The summed E-state index contributed by atoms with van der Waals surface area (Å²) in [5, 5.41) is 11.8. The zero-order chi connectivity index (χ0) is 13.2. The molecule has 1 aromatic carbocycles. The van der Waals surface area contributed by atoms with Gasteiger partial charge in [-0.05, 0) is 25.0 Å². The second-order valence-electron chi connectivity index (χ2n) is 4.35. The van der Waals surface area contributed by atoms with Gasteiger partial charge in [0.1, 0.15) is 11.6 Å². The molecule has 1 aliphatic carbocycles. The van der Waals surface area contributed by atoms with Crippen LogP contribution in [0.25, 0.3) is 0 Å². The average molecular weight is 273 g/mol. The predicted octanol–water partition coefficient (Wildman–Crippen LogP) is 1.70. The maximum Gasteiger partial charge on any atom is 0.230 e. The molecule has 98 valence electrons. The Balaban J connectivity index is 1.85. The van der Waals surface area contributed by atoms with Crippen LogP contribution in [0, 0.1) is 11.6 Å². The molecule has 1 saturated carbocycles. The lowest BCUT2D eigenvalue weighted by Crippen LogP contribution is -2.40. The molecule has 0 unspecified atom stereocenters. The van der Waals surface area contributed by atoms with Gasteiger partial charge in [0.05, 0.1) is 17.9 Å². The van der Waals surface area contributed by atoms with E-state index in [2.05, 4.69) is 5.32 Å². The van der Waals surface area contributed by atoms with Crippen molar-refractivity contribution in [2.75, 3.05) is 12.4 Å². The van der Waals surface area contributed by atoms with Crippen molar-refractivity contribution in [3.05, 3.63) is 29.8 Å². The smallest absolute Gasteiger partial charge is 0.230 e. The second kappa shape index (κ2) is 5.24. The van der Waals surface area contributed by atoms with Crippen molar-refractivity contribution in [2.45, 2.75) is 23.3 Å². The topological polar surface area (TPSA) is 49.3 Å². The molecule has 0 aromatic heterocycles. The van der Waals surface area contributed by atoms with Gasteiger partial charge in [0.2, 0.25) is 5.91 Å². The third-order valence-corrected chi connectivity index (χ3v) is 3.86. The lowest BCUT2D eigenvalue weighted by Gasteiger charge is -2.13. The minimum Gasteiger partial charge on any atom is -0.394 e. The van der Waals surface area contributed by atoms with E-state index < -0.39 is 17.2 Å². The standard InChI is InChI=1S/C12H13F2NO2S/c13-8-1-2-10(9(14)5-8)18-6-11(17)15-12(7-16)3-4-12/h1-2,5,16H,3-4,6-7H2,(H,15,17). The van der Waals surface area contributed by atoms with Crippen LogP contribution >= 0.6 is 11.8 Å². The third kappa shape index (κ3) is 3.20. The molecule has 3 nitrogen and oxygen atoms in total. The van der Waals surface area contributed by atoms with Crippen molar-refractivity contribution in [2.24, 2.45) is 0 Å². The number of carbonyl (C=O) groups excluding carboxylic acids is 1. The molecule has 2 N–H and O–H groups in total. The number of halogens is 2. The lowest BCUT2D eigenvalue weighted by molar-refractivity contribution is -0.119. The van der Waals surface area contributed by atoms with E-state index in [0.29, 0.717) is 0 Å². The number of aliphatic hydroxyl groups is 1. The van der Waals surface area contributed by atoms with Crippen molar-refractivity contribution < 1.29 is 18.7 Å². The molecule has 6 heteroatoms. The van der Waals surface area contributed by atoms with Crippen LogP contribution in [0.2, 0.25) is 0 Å². The Morgan fingerprint density at radius 3 is 2.72 bits per heavy atom. The normalized spacial score (nSPS) is 16.4. The monoisotopic (exact) mass is 273 g/mol. The summed E-state index contributed by atoms with van der Waals surface area (Å²) in [6, 6.07) is 3.25. The predicted molar refractivity (Wildman–Crippen MR) is 64.3 cm³/mol. The highest BCUT2D eigenvalue weighted by molar-refractivity contribution is 8.00. The maximum absolute atomic E-state index is 13.3. The third-order valence-electron chi connectivity index (χ3n) is 2.81. The molecule has 18 heavy (non-hydrogen) atoms. The van der Waals surface area contributed by atoms with Crippen LogP contribution in [0.1, 0.15) is 12.8 Å². The Labute approximate surface area is 108 Å². The highest BCUT2D eigenvalue weighted by Crippen LogP contribution is 2.34. The highest BCUT2D eigenvalue weighted by Gasteiger charge is 2.43. The summed E-state index contributed by atoms with van der Waals surface area (Å²) in [4.78, 5) is 11.8. The van der Waals surface area contributed by atoms with Crippen LogP contribution < -0.4 is 5.32 Å². The molecule has 1 aromatic rings. The van der Waals surface area contributed by atoms with E-state index in [9.17, 15) is 13.6 Å². The Hall–Kier alpha value is -1.14. The van der Waals surface area contributed by atoms with Gasteiger partial charge in [0.25, 0.3) is 0 Å². The summed E-state index contributed by atoms with van der Waals surface area (Å²) in [5.74, 6) is -1.52. The molecule has 1 aliphatic rings. The van der Waals surface area contributed by atoms with E-state index in [4.69, 9.17) is 5.11 Å². The molecule has 0 spiro atoms. The number of hydrogen-bond acceptors (Lipinski definition) is 3. The molecular weight excluding hydrogens is 260 g/mol. The molecule has 1 fully saturated rings. The van der Waals surface area contributed by atoms with Crippen LogP contribution in [0.3, 0.4) is 0 Å². The van der Waals surface area contributed by atoms with Crippen molar-refractivity contribution in [1.82, 2.24) is 5.32 Å². The first-order valence-electron chi connectivity index (χ1n) is 5.54. The molecule has 1 amide bonds. The van der Waals surface area contributed by atoms with Gasteiger partial charge in [-0.2, -0.15) is 0 Å². The van der Waals surface area contributed by atoms with Crippen molar-refractivity contribution in [3.63, 3.8) is 0 Å². The first-order chi connectivity index (χ1) is 8.54. The number of carbonyl (C=O) groups is 1. The Bertz CT molecular complexity index is 463. The van der Waals surface area contributed by atoms with Crippen LogP contribution in [-0.4, -0.2) is 28.9 Å². The van der Waals surface area contributed by atoms with Crippen molar-refractivity contribution >= 4 is 17.7 Å². The zero-order valence-corrected chi connectivity index (χ0v) is 10.4. The van der Waals surface area contributed by atoms with Gasteiger partial charge in [-0.1, -0.05) is 0 Å². The first-order valence-corrected chi connectivity index (χ1v) is 6.53. The molecule has 0 bridgehead atoms. The van der Waals surface area contributed by atoms with E-state index in [1.165, 1.54) is 6.07 Å². The van der Waals surface area contributed by atoms with Gasteiger partial charge < -0.3 is 10.4 Å². The van der Waals surface area contributed by atoms with Crippen molar-refractivity contribution in [3.8, 4) is 0 Å². The summed E-state index contributed by atoms with van der Waals surface area (Å²) in [5.41, 5.74) is -0.459. The quantitative estimate of drug-likeness (QED) is 0.803. The average Bonchev–Trinajstić information content (AvgIpc) is 3.08. The molecule has 0 heterocycles. The fraction of sp³-hybridized carbons (Fsp3) is 0.417. The van der Waals surface area contributed by atoms with Crippen molar-refractivity contribution in [1.29, 1.82) is 0 Å². The molecule has 2 rings (SSSR count). The number of hydrogen-bond donors (Lipinski definition) is 2. The lowest BCUT2D eigenvalue weighted by atomic mass is 10.3. The van der Waals surface area contributed by atoms with Crippen LogP contribution in [-0.2, 0) is 4.79 Å². The minimum absolute atomic E-state index is 0.0459. The van der Waals surface area contributed by atoms with Gasteiger partial charge in [-0.3, -0.25) is 4.79 Å². The summed E-state index contributed by atoms with van der Waals surface area (Å²) in [6.07, 6.45) is 1.54. The number of thioether (sulfide) groups is 1. The summed E-state index contributed by atoms with van der Waals surface area (Å²) < 4.78 is 26.0. The van der Waals surface area contributed by atoms with E-state index in [1.54, 1.807) is 0 Å². The van der Waals surface area contributed by atoms with Gasteiger partial charge >= 0.3 is 0 Å². The Morgan fingerprint density at radius 1 is 1.44 bits per heavy atom.